The Bertz CT molecular complexity index is 1020. The number of ether oxygens (including phenoxy) is 1. The maximum absolute atomic E-state index is 12.5. The molecule has 1 aromatic heterocycles. The van der Waals surface area contributed by atoms with Gasteiger partial charge in [-0.2, -0.15) is 0 Å². The van der Waals surface area contributed by atoms with E-state index in [9.17, 15) is 21.6 Å². The van der Waals surface area contributed by atoms with E-state index in [1.165, 1.54) is 24.4 Å². The normalized spacial score (nSPS) is 11.8. The van der Waals surface area contributed by atoms with Gasteiger partial charge in [0.15, 0.2) is 0 Å². The summed E-state index contributed by atoms with van der Waals surface area (Å²) in [5.74, 6) is -0.824. The second-order valence-corrected chi connectivity index (χ2v) is 6.48. The van der Waals surface area contributed by atoms with Gasteiger partial charge in [-0.1, -0.05) is 24.3 Å². The van der Waals surface area contributed by atoms with Crippen LogP contribution in [0, 0.1) is 12.1 Å². The standard InChI is InChI=1S/C16H9F3N2O3S/c17-16(18,19)24-13-8-1-2-9-14(13)25(22,23)21-12-7-3-5-11-6-4-10-20-15(11)12/h1-3,5,7-10,21H. The van der Waals surface area contributed by atoms with Gasteiger partial charge < -0.3 is 4.74 Å². The molecular weight excluding hydrogens is 357 g/mol. The molecule has 0 radical (unpaired) electrons. The molecule has 25 heavy (non-hydrogen) atoms. The van der Waals surface area contributed by atoms with Crippen LogP contribution in [0.4, 0.5) is 18.9 Å². The number of benzene rings is 2. The highest BCUT2D eigenvalue weighted by Crippen LogP contribution is 2.31. The Hall–Kier alpha value is -2.99. The van der Waals surface area contributed by atoms with Crippen LogP contribution >= 0.6 is 0 Å². The quantitative estimate of drug-likeness (QED) is 0.767. The number of hydrogen-bond acceptors (Lipinski definition) is 4. The van der Waals surface area contributed by atoms with E-state index in [-0.39, 0.29) is 5.69 Å². The van der Waals surface area contributed by atoms with Crippen molar-refractivity contribution in [2.75, 3.05) is 4.72 Å². The van der Waals surface area contributed by atoms with Crippen LogP contribution < -0.4 is 9.46 Å². The summed E-state index contributed by atoms with van der Waals surface area (Å²) < 4.78 is 68.6. The van der Waals surface area contributed by atoms with Gasteiger partial charge in [0.05, 0.1) is 17.3 Å². The first-order chi connectivity index (χ1) is 11.8. The summed E-state index contributed by atoms with van der Waals surface area (Å²) in [5.41, 5.74) is 0.392. The number of alkyl halides is 3. The molecule has 2 aromatic carbocycles. The number of para-hydroxylation sites is 2. The van der Waals surface area contributed by atoms with Crippen molar-refractivity contribution >= 4 is 26.6 Å². The number of rotatable bonds is 4. The first-order valence-electron chi connectivity index (χ1n) is 6.81. The lowest BCUT2D eigenvalue weighted by Crippen LogP contribution is -2.21. The van der Waals surface area contributed by atoms with E-state index in [0.29, 0.717) is 10.9 Å². The topological polar surface area (TPSA) is 68.3 Å². The zero-order chi connectivity index (χ0) is 18.1. The van der Waals surface area contributed by atoms with Gasteiger partial charge in [-0.3, -0.25) is 4.72 Å². The molecule has 1 N–H and O–H groups in total. The van der Waals surface area contributed by atoms with Crippen molar-refractivity contribution in [1.82, 2.24) is 4.98 Å². The molecule has 0 aliphatic carbocycles. The minimum absolute atomic E-state index is 0.101. The van der Waals surface area contributed by atoms with Crippen molar-refractivity contribution in [3.05, 3.63) is 60.8 Å². The second kappa shape index (κ2) is 6.14. The molecule has 0 unspecified atom stereocenters. The molecule has 0 fully saturated rings. The molecule has 0 saturated heterocycles. The number of hydrogen-bond donors (Lipinski definition) is 1. The molecule has 0 aliphatic rings. The molecule has 3 aromatic rings. The van der Waals surface area contributed by atoms with Crippen LogP contribution in [0.15, 0.2) is 53.6 Å². The molecule has 9 heteroatoms. The van der Waals surface area contributed by atoms with Gasteiger partial charge in [-0.25, -0.2) is 13.4 Å². The van der Waals surface area contributed by atoms with Crippen LogP contribution in [-0.2, 0) is 10.0 Å². The maximum Gasteiger partial charge on any atom is 0.573 e. The van der Waals surface area contributed by atoms with Gasteiger partial charge >= 0.3 is 6.36 Å². The Balaban J connectivity index is 2.03. The first-order valence-corrected chi connectivity index (χ1v) is 8.29. The summed E-state index contributed by atoms with van der Waals surface area (Å²) in [7, 11) is -4.35. The Morgan fingerprint density at radius 2 is 1.84 bits per heavy atom. The van der Waals surface area contributed by atoms with Crippen molar-refractivity contribution in [3.63, 3.8) is 0 Å². The van der Waals surface area contributed by atoms with Gasteiger partial charge in [-0.15, -0.1) is 13.2 Å². The summed E-state index contributed by atoms with van der Waals surface area (Å²) >= 11 is 0. The number of nitrogens with zero attached hydrogens (tertiary/aromatic N) is 1. The molecule has 1 heterocycles. The fourth-order valence-electron chi connectivity index (χ4n) is 2.15. The van der Waals surface area contributed by atoms with Gasteiger partial charge in [-0.05, 0) is 30.3 Å². The lowest BCUT2D eigenvalue weighted by molar-refractivity contribution is -0.275. The van der Waals surface area contributed by atoms with E-state index in [1.807, 2.05) is 0 Å². The van der Waals surface area contributed by atoms with E-state index in [4.69, 9.17) is 0 Å². The number of halogens is 3. The molecule has 0 bridgehead atoms. The highest BCUT2D eigenvalue weighted by molar-refractivity contribution is 7.92. The molecule has 0 atom stereocenters. The molecule has 0 aliphatic heterocycles. The monoisotopic (exact) mass is 366 g/mol. The molecular formula is C16H9F3N2O3S. The molecule has 0 saturated carbocycles. The minimum Gasteiger partial charge on any atom is -0.404 e. The Morgan fingerprint density at radius 1 is 1.08 bits per heavy atom. The van der Waals surface area contributed by atoms with E-state index in [1.54, 1.807) is 12.1 Å². The third-order valence-electron chi connectivity index (χ3n) is 3.11. The number of anilines is 1. The second-order valence-electron chi connectivity index (χ2n) is 4.83. The van der Waals surface area contributed by atoms with E-state index < -0.39 is 27.0 Å². The van der Waals surface area contributed by atoms with E-state index >= 15 is 0 Å². The zero-order valence-corrected chi connectivity index (χ0v) is 13.1. The molecule has 0 amide bonds. The molecule has 0 spiro atoms. The number of fused-ring (bicyclic) bond motifs is 1. The van der Waals surface area contributed by atoms with Gasteiger partial charge in [0.2, 0.25) is 0 Å². The number of sulfonamides is 1. The zero-order valence-electron chi connectivity index (χ0n) is 12.3. The third-order valence-corrected chi connectivity index (χ3v) is 4.51. The van der Waals surface area contributed by atoms with Gasteiger partial charge in [0.1, 0.15) is 16.2 Å². The van der Waals surface area contributed by atoms with Crippen LogP contribution in [0.5, 0.6) is 5.75 Å². The molecule has 3 rings (SSSR count). The van der Waals surface area contributed by atoms with Crippen molar-refractivity contribution < 1.29 is 26.3 Å². The SMILES string of the molecule is O=S(=O)(Nc1cccc2c#ccnc12)c1ccccc1OC(F)(F)F. The first kappa shape index (κ1) is 16.9. The van der Waals surface area contributed by atoms with Crippen LogP contribution in [-0.4, -0.2) is 19.8 Å². The predicted octanol–water partition coefficient (Wildman–Crippen LogP) is 3.53. The number of aromatic nitrogens is 1. The summed E-state index contributed by atoms with van der Waals surface area (Å²) in [6.45, 7) is 0. The Kier molecular flexibility index (Phi) is 4.14. The fraction of sp³-hybridized carbons (Fsp3) is 0.0625. The lowest BCUT2D eigenvalue weighted by atomic mass is 10.2. The molecule has 5 nitrogen and oxygen atoms in total. The van der Waals surface area contributed by atoms with Crippen molar-refractivity contribution in [1.29, 1.82) is 0 Å². The Morgan fingerprint density at radius 3 is 2.60 bits per heavy atom. The van der Waals surface area contributed by atoms with E-state index in [2.05, 4.69) is 26.6 Å². The highest BCUT2D eigenvalue weighted by atomic mass is 32.2. The van der Waals surface area contributed by atoms with Crippen LogP contribution in [0.2, 0.25) is 0 Å². The van der Waals surface area contributed by atoms with Gasteiger partial charge in [0, 0.05) is 0 Å². The highest BCUT2D eigenvalue weighted by Gasteiger charge is 2.34. The average molecular weight is 366 g/mol. The summed E-state index contributed by atoms with van der Waals surface area (Å²) in [4.78, 5) is 3.37. The Labute approximate surface area is 141 Å². The minimum atomic E-state index is -5.02. The van der Waals surface area contributed by atoms with E-state index in [0.717, 1.165) is 12.1 Å². The third kappa shape index (κ3) is 3.75. The van der Waals surface area contributed by atoms with Crippen LogP contribution in [0.1, 0.15) is 0 Å². The molecule has 128 valence electrons. The number of nitrogens with one attached hydrogen (secondary N) is 1. The summed E-state index contributed by atoms with van der Waals surface area (Å²) in [5, 5.41) is 0.502. The smallest absolute Gasteiger partial charge is 0.404 e. The van der Waals surface area contributed by atoms with Crippen LogP contribution in [0.25, 0.3) is 10.9 Å². The fourth-order valence-corrected chi connectivity index (χ4v) is 3.35. The van der Waals surface area contributed by atoms with Crippen molar-refractivity contribution in [2.24, 2.45) is 0 Å². The largest absolute Gasteiger partial charge is 0.573 e. The summed E-state index contributed by atoms with van der Waals surface area (Å²) in [6, 6.07) is 14.5. The maximum atomic E-state index is 12.5. The average Bonchev–Trinajstić information content (AvgIpc) is 2.54. The summed E-state index contributed by atoms with van der Waals surface area (Å²) in [6.07, 6.45) is -3.71. The van der Waals surface area contributed by atoms with Crippen LogP contribution in [0.3, 0.4) is 0 Å². The predicted molar refractivity (Wildman–Crippen MR) is 83.3 cm³/mol. The van der Waals surface area contributed by atoms with Crippen molar-refractivity contribution in [2.45, 2.75) is 11.3 Å². The van der Waals surface area contributed by atoms with Crippen molar-refractivity contribution in [3.8, 4) is 5.75 Å². The lowest BCUT2D eigenvalue weighted by Gasteiger charge is -2.14. The van der Waals surface area contributed by atoms with Gasteiger partial charge in [0.25, 0.3) is 10.0 Å².